The van der Waals surface area contributed by atoms with Crippen LogP contribution in [0.3, 0.4) is 0 Å². The Balaban J connectivity index is -0.00000242. The fourth-order valence-electron chi connectivity index (χ4n) is 2.55. The monoisotopic (exact) mass is 376 g/mol. The van der Waals surface area contributed by atoms with Crippen LogP contribution in [-0.2, 0) is 14.3 Å². The van der Waals surface area contributed by atoms with Gasteiger partial charge in [0.2, 0.25) is 0 Å². The first-order chi connectivity index (χ1) is 11.2. The molecule has 0 aliphatic rings. The number of esters is 2. The highest BCUT2D eigenvalue weighted by Gasteiger charge is 2.04. The highest BCUT2D eigenvalue weighted by atomic mass is 24.3. The van der Waals surface area contributed by atoms with Gasteiger partial charge >= 0.3 is 58.0 Å². The zero-order valence-corrected chi connectivity index (χ0v) is 15.3. The Bertz CT molecular complexity index is 331. The topological polar surface area (TPSA) is 43.4 Å². The zero-order chi connectivity index (χ0) is 17.2. The molecule has 0 unspecified atom stereocenters. The molecule has 0 atom stereocenters. The number of hydrogen-bond acceptors (Lipinski definition) is 3. The molecule has 0 aromatic heterocycles. The summed E-state index contributed by atoms with van der Waals surface area (Å²) in [5, 5.41) is 0. The fraction of sp³-hybridized carbons (Fsp3) is 0.800. The fourth-order valence-corrected chi connectivity index (χ4v) is 2.55. The SMILES string of the molecule is CCCCCCCC/C=C\CCCCCCCC(=O)OC(C)=O.[MgH2].[MgH2]. The van der Waals surface area contributed by atoms with Crippen molar-refractivity contribution >= 4 is 58.0 Å². The first-order valence-corrected chi connectivity index (χ1v) is 9.53. The van der Waals surface area contributed by atoms with E-state index in [1.165, 1.54) is 71.1 Å². The normalized spacial score (nSPS) is 10.2. The predicted molar refractivity (Wildman–Crippen MR) is 113 cm³/mol. The van der Waals surface area contributed by atoms with Crippen LogP contribution < -0.4 is 0 Å². The number of rotatable bonds is 15. The summed E-state index contributed by atoms with van der Waals surface area (Å²) < 4.78 is 4.48. The molecular formula is C20H40Mg2O3. The quantitative estimate of drug-likeness (QED) is 0.141. The largest absolute Gasteiger partial charge is 0.393 e. The average Bonchev–Trinajstić information content (AvgIpc) is 2.50. The van der Waals surface area contributed by atoms with Crippen molar-refractivity contribution in [2.24, 2.45) is 0 Å². The molecule has 0 aromatic carbocycles. The first-order valence-electron chi connectivity index (χ1n) is 9.53. The number of carbonyl (C=O) groups is 2. The number of allylic oxidation sites excluding steroid dienone is 2. The number of unbranched alkanes of at least 4 members (excludes halogenated alkanes) is 11. The van der Waals surface area contributed by atoms with E-state index in [4.69, 9.17) is 0 Å². The maximum Gasteiger partial charge on any atom is 0.316 e. The van der Waals surface area contributed by atoms with E-state index in [0.717, 1.165) is 19.3 Å². The van der Waals surface area contributed by atoms with Gasteiger partial charge in [0.1, 0.15) is 0 Å². The van der Waals surface area contributed by atoms with Gasteiger partial charge in [-0.3, -0.25) is 9.59 Å². The van der Waals surface area contributed by atoms with Crippen molar-refractivity contribution < 1.29 is 14.3 Å². The Kier molecular flexibility index (Phi) is 29.4. The molecule has 25 heavy (non-hydrogen) atoms. The Labute approximate surface area is 187 Å². The van der Waals surface area contributed by atoms with Gasteiger partial charge in [-0.1, -0.05) is 70.4 Å². The number of ether oxygens (including phenoxy) is 1. The number of carbonyl (C=O) groups excluding carboxylic acids is 2. The van der Waals surface area contributed by atoms with Crippen molar-refractivity contribution in [2.45, 2.75) is 104 Å². The van der Waals surface area contributed by atoms with E-state index in [0.29, 0.717) is 6.42 Å². The molecule has 0 amide bonds. The second-order valence-electron chi connectivity index (χ2n) is 6.30. The van der Waals surface area contributed by atoms with E-state index in [2.05, 4.69) is 23.8 Å². The van der Waals surface area contributed by atoms with Crippen LogP contribution in [0.1, 0.15) is 104 Å². The van der Waals surface area contributed by atoms with Crippen molar-refractivity contribution in [3.63, 3.8) is 0 Å². The van der Waals surface area contributed by atoms with E-state index in [1.54, 1.807) is 0 Å². The smallest absolute Gasteiger partial charge is 0.316 e. The lowest BCUT2D eigenvalue weighted by Crippen LogP contribution is -2.08. The summed E-state index contributed by atoms with van der Waals surface area (Å²) in [6, 6.07) is 0. The van der Waals surface area contributed by atoms with Crippen LogP contribution in [-0.4, -0.2) is 58.0 Å². The van der Waals surface area contributed by atoms with Crippen LogP contribution in [0, 0.1) is 0 Å². The van der Waals surface area contributed by atoms with Crippen molar-refractivity contribution in [1.82, 2.24) is 0 Å². The third-order valence-electron chi connectivity index (χ3n) is 3.90. The van der Waals surface area contributed by atoms with E-state index >= 15 is 0 Å². The summed E-state index contributed by atoms with van der Waals surface area (Å²) in [5.41, 5.74) is 0. The summed E-state index contributed by atoms with van der Waals surface area (Å²) in [6.45, 7) is 3.52. The van der Waals surface area contributed by atoms with Crippen LogP contribution in [0.15, 0.2) is 12.2 Å². The summed E-state index contributed by atoms with van der Waals surface area (Å²) in [4.78, 5) is 21.7. The maximum absolute atomic E-state index is 11.1. The minimum Gasteiger partial charge on any atom is -0.393 e. The van der Waals surface area contributed by atoms with Gasteiger partial charge in [0, 0.05) is 13.3 Å². The first kappa shape index (κ1) is 30.2. The standard InChI is InChI=1S/C20H36O3.2Mg.4H/c1-3-4-5-6-7-8-9-10-11-12-13-14-15-16-17-18-20(22)23-19(2)21;;;;;;/h10-11H,3-9,12-18H2,1-2H3;;;;;;/b11-10-;;;;;;. The Hall–Kier alpha value is 0.412. The molecule has 0 heterocycles. The van der Waals surface area contributed by atoms with Gasteiger partial charge < -0.3 is 4.74 Å². The maximum atomic E-state index is 11.1. The van der Waals surface area contributed by atoms with Gasteiger partial charge in [-0.05, 0) is 32.1 Å². The summed E-state index contributed by atoms with van der Waals surface area (Å²) in [7, 11) is 0. The van der Waals surface area contributed by atoms with Crippen LogP contribution in [0.5, 0.6) is 0 Å². The molecule has 3 nitrogen and oxygen atoms in total. The molecule has 0 aliphatic heterocycles. The van der Waals surface area contributed by atoms with Crippen molar-refractivity contribution in [2.75, 3.05) is 0 Å². The Morgan fingerprint density at radius 2 is 1.16 bits per heavy atom. The zero-order valence-electron chi connectivity index (χ0n) is 15.3. The number of hydrogen-bond donors (Lipinski definition) is 0. The molecule has 0 aromatic rings. The van der Waals surface area contributed by atoms with Crippen molar-refractivity contribution in [3.05, 3.63) is 12.2 Å². The van der Waals surface area contributed by atoms with Crippen LogP contribution in [0.4, 0.5) is 0 Å². The average molecular weight is 377 g/mol. The molecule has 0 bridgehead atoms. The van der Waals surface area contributed by atoms with Gasteiger partial charge in [0.15, 0.2) is 0 Å². The van der Waals surface area contributed by atoms with Crippen molar-refractivity contribution in [3.8, 4) is 0 Å². The third-order valence-corrected chi connectivity index (χ3v) is 3.90. The molecule has 142 valence electrons. The van der Waals surface area contributed by atoms with Gasteiger partial charge in [-0.15, -0.1) is 0 Å². The molecule has 0 radical (unpaired) electrons. The molecule has 0 spiro atoms. The van der Waals surface area contributed by atoms with Crippen molar-refractivity contribution in [1.29, 1.82) is 0 Å². The molecule has 0 aliphatic carbocycles. The summed E-state index contributed by atoms with van der Waals surface area (Å²) >= 11 is 0. The molecule has 0 fully saturated rings. The van der Waals surface area contributed by atoms with Gasteiger partial charge in [-0.2, -0.15) is 0 Å². The minimum atomic E-state index is -0.511. The van der Waals surface area contributed by atoms with Gasteiger partial charge in [0.25, 0.3) is 0 Å². The van der Waals surface area contributed by atoms with Gasteiger partial charge in [-0.25, -0.2) is 0 Å². The van der Waals surface area contributed by atoms with E-state index < -0.39 is 11.9 Å². The lowest BCUT2D eigenvalue weighted by atomic mass is 10.1. The van der Waals surface area contributed by atoms with Crippen LogP contribution >= 0.6 is 0 Å². The lowest BCUT2D eigenvalue weighted by Gasteiger charge is -2.01. The predicted octanol–water partition coefficient (Wildman–Crippen LogP) is 4.28. The molecule has 0 rings (SSSR count). The summed E-state index contributed by atoms with van der Waals surface area (Å²) in [5.74, 6) is -0.905. The Morgan fingerprint density at radius 1 is 0.720 bits per heavy atom. The van der Waals surface area contributed by atoms with Gasteiger partial charge in [0.05, 0.1) is 0 Å². The van der Waals surface area contributed by atoms with E-state index in [-0.39, 0.29) is 46.1 Å². The minimum absolute atomic E-state index is 0. The highest BCUT2D eigenvalue weighted by Crippen LogP contribution is 2.10. The molecule has 0 saturated heterocycles. The highest BCUT2D eigenvalue weighted by molar-refractivity contribution is 5.83. The second kappa shape index (κ2) is 24.4. The molecule has 5 heteroatoms. The molecular weight excluding hydrogens is 337 g/mol. The van der Waals surface area contributed by atoms with E-state index in [9.17, 15) is 9.59 Å². The van der Waals surface area contributed by atoms with Crippen LogP contribution in [0.2, 0.25) is 0 Å². The third kappa shape index (κ3) is 26.7. The van der Waals surface area contributed by atoms with E-state index in [1.807, 2.05) is 0 Å². The summed E-state index contributed by atoms with van der Waals surface area (Å²) in [6.07, 6.45) is 21.0. The second-order valence-corrected chi connectivity index (χ2v) is 6.30. The van der Waals surface area contributed by atoms with Crippen LogP contribution in [0.25, 0.3) is 0 Å². The lowest BCUT2D eigenvalue weighted by molar-refractivity contribution is -0.158. The Morgan fingerprint density at radius 3 is 1.64 bits per heavy atom. The molecule has 0 saturated carbocycles. The molecule has 0 N–H and O–H groups in total.